The van der Waals surface area contributed by atoms with Crippen molar-refractivity contribution < 1.29 is 28.5 Å². The molecule has 0 fully saturated rings. The molecule has 2 unspecified atom stereocenters. The topological polar surface area (TPSA) is 68.8 Å². The standard InChI is InChI=1S/C85H104F2N2O4/c1-50(92-76-66(84(21,22)48-78(3,4)5)46-60(52-27-25-29-58(86)40-52)74(90)72(76)88-68-35-31-54(80(9,10)11)42-62(68)63-43-55(81(12,13)14)32-36-69(63)88)39-51(2)93-77-67(85(23,24)49-79(6,7)8)47-61(53-28-26-30-59(87)41-53)75(91)73(77)89-70-37-33-56(82(15,16)17)44-64(70)65-45-57(83(18,19)20)34-38-71(65)89/h25-38,40-47,50-51,90-91H,39,48-49H2,1-24H3. The Kier molecular flexibility index (Phi) is 17.4. The van der Waals surface area contributed by atoms with Crippen molar-refractivity contribution in [3.63, 3.8) is 0 Å². The minimum Gasteiger partial charge on any atom is -0.505 e. The van der Waals surface area contributed by atoms with Crippen molar-refractivity contribution in [1.29, 1.82) is 0 Å². The molecule has 93 heavy (non-hydrogen) atoms. The van der Waals surface area contributed by atoms with E-state index in [0.717, 1.165) is 67.6 Å². The van der Waals surface area contributed by atoms with Gasteiger partial charge in [0.15, 0.2) is 23.0 Å². The molecule has 0 aliphatic carbocycles. The molecule has 10 aromatic rings. The molecule has 2 aromatic heterocycles. The smallest absolute Gasteiger partial charge is 0.151 e. The number of ether oxygens (including phenoxy) is 2. The molecule has 492 valence electrons. The van der Waals surface area contributed by atoms with Gasteiger partial charge < -0.3 is 28.8 Å². The molecule has 8 aromatic carbocycles. The number of halogens is 2. The van der Waals surface area contributed by atoms with Gasteiger partial charge in [0.2, 0.25) is 0 Å². The molecular formula is C85H104F2N2O4. The first-order valence-electron chi connectivity index (χ1n) is 33.7. The lowest BCUT2D eigenvalue weighted by Gasteiger charge is -2.37. The van der Waals surface area contributed by atoms with Crippen molar-refractivity contribution in [2.45, 2.75) is 230 Å². The van der Waals surface area contributed by atoms with Crippen LogP contribution in [-0.2, 0) is 32.5 Å². The lowest BCUT2D eigenvalue weighted by atomic mass is 9.71. The van der Waals surface area contributed by atoms with Gasteiger partial charge in [0.25, 0.3) is 0 Å². The second kappa shape index (κ2) is 23.7. The third-order valence-corrected chi connectivity index (χ3v) is 18.9. The number of phenols is 2. The number of nitrogens with zero attached hydrogens (tertiary/aromatic N) is 2. The molecule has 0 saturated heterocycles. The molecular weight excluding hydrogens is 1150 g/mol. The number of benzene rings is 8. The second-order valence-electron chi connectivity index (χ2n) is 35.0. The van der Waals surface area contributed by atoms with E-state index >= 15 is 8.78 Å². The van der Waals surface area contributed by atoms with Gasteiger partial charge in [-0.1, -0.05) is 201 Å². The second-order valence-corrected chi connectivity index (χ2v) is 35.0. The van der Waals surface area contributed by atoms with Crippen molar-refractivity contribution in [1.82, 2.24) is 9.13 Å². The number of hydrogen-bond donors (Lipinski definition) is 2. The molecule has 2 heterocycles. The first kappa shape index (κ1) is 68.3. The molecule has 0 amide bonds. The number of rotatable bonds is 14. The summed E-state index contributed by atoms with van der Waals surface area (Å²) >= 11 is 0. The number of hydrogen-bond acceptors (Lipinski definition) is 4. The van der Waals surface area contributed by atoms with E-state index in [2.05, 4.69) is 248 Å². The Hall–Kier alpha value is -7.58. The Morgan fingerprint density at radius 1 is 0.376 bits per heavy atom. The molecule has 2 N–H and O–H groups in total. The number of aromatic nitrogens is 2. The largest absolute Gasteiger partial charge is 0.505 e. The molecule has 8 heteroatoms. The maximum absolute atomic E-state index is 15.6. The molecule has 2 atom stereocenters. The average molecular weight is 1260 g/mol. The summed E-state index contributed by atoms with van der Waals surface area (Å²) in [5.41, 5.74) is 11.1. The number of fused-ring (bicyclic) bond motifs is 6. The highest BCUT2D eigenvalue weighted by Crippen LogP contribution is 2.55. The fourth-order valence-electron chi connectivity index (χ4n) is 14.9. The van der Waals surface area contributed by atoms with Gasteiger partial charge >= 0.3 is 0 Å². The molecule has 0 radical (unpaired) electrons. The molecule has 0 spiro atoms. The lowest BCUT2D eigenvalue weighted by molar-refractivity contribution is 0.125. The van der Waals surface area contributed by atoms with Crippen LogP contribution in [-0.4, -0.2) is 31.6 Å². The van der Waals surface area contributed by atoms with Crippen LogP contribution in [0.4, 0.5) is 8.78 Å². The van der Waals surface area contributed by atoms with E-state index in [9.17, 15) is 10.2 Å². The fraction of sp³-hybridized carbons (Fsp3) is 0.435. The number of aromatic hydroxyl groups is 2. The van der Waals surface area contributed by atoms with E-state index < -0.39 is 34.7 Å². The third kappa shape index (κ3) is 13.7. The van der Waals surface area contributed by atoms with E-state index in [1.165, 1.54) is 46.5 Å². The molecule has 0 bridgehead atoms. The van der Waals surface area contributed by atoms with Crippen molar-refractivity contribution in [3.8, 4) is 56.6 Å². The Bertz CT molecular complexity index is 4080. The van der Waals surface area contributed by atoms with Gasteiger partial charge in [0.05, 0.1) is 34.3 Å². The van der Waals surface area contributed by atoms with Crippen molar-refractivity contribution in [3.05, 3.63) is 178 Å². The summed E-state index contributed by atoms with van der Waals surface area (Å²) in [5.74, 6) is 0.196. The fourth-order valence-corrected chi connectivity index (χ4v) is 14.9. The van der Waals surface area contributed by atoms with Crippen LogP contribution in [0.15, 0.2) is 133 Å². The molecule has 6 nitrogen and oxygen atoms in total. The van der Waals surface area contributed by atoms with E-state index in [1.807, 2.05) is 24.3 Å². The van der Waals surface area contributed by atoms with Crippen molar-refractivity contribution in [2.75, 3.05) is 0 Å². The Morgan fingerprint density at radius 2 is 0.656 bits per heavy atom. The summed E-state index contributed by atoms with van der Waals surface area (Å²) in [6, 6.07) is 43.8. The van der Waals surface area contributed by atoms with Gasteiger partial charge in [-0.15, -0.1) is 0 Å². The van der Waals surface area contributed by atoms with E-state index in [4.69, 9.17) is 9.47 Å². The maximum atomic E-state index is 15.6. The van der Waals surface area contributed by atoms with E-state index in [0.29, 0.717) is 51.5 Å². The average Bonchev–Trinajstić information content (AvgIpc) is 1.63. The van der Waals surface area contributed by atoms with Gasteiger partial charge in [-0.05, 0) is 188 Å². The first-order chi connectivity index (χ1) is 42.8. The highest BCUT2D eigenvalue weighted by molar-refractivity contribution is 6.12. The van der Waals surface area contributed by atoms with Crippen LogP contribution >= 0.6 is 0 Å². The zero-order valence-electron chi connectivity index (χ0n) is 60.3. The van der Waals surface area contributed by atoms with Crippen molar-refractivity contribution >= 4 is 43.6 Å². The Morgan fingerprint density at radius 3 is 0.903 bits per heavy atom. The van der Waals surface area contributed by atoms with Crippen molar-refractivity contribution in [2.24, 2.45) is 10.8 Å². The monoisotopic (exact) mass is 1250 g/mol. The first-order valence-corrected chi connectivity index (χ1v) is 33.7. The third-order valence-electron chi connectivity index (χ3n) is 18.9. The quantitative estimate of drug-likeness (QED) is 0.114. The molecule has 0 aliphatic heterocycles. The van der Waals surface area contributed by atoms with Crippen LogP contribution in [0.5, 0.6) is 23.0 Å². The van der Waals surface area contributed by atoms with E-state index in [1.54, 1.807) is 12.1 Å². The molecule has 0 aliphatic rings. The van der Waals surface area contributed by atoms with Gasteiger partial charge in [-0.2, -0.15) is 0 Å². The van der Waals surface area contributed by atoms with Crippen LogP contribution in [0.3, 0.4) is 0 Å². The summed E-state index contributed by atoms with van der Waals surface area (Å²) in [7, 11) is 0. The normalized spacial score (nSPS) is 14.0. The summed E-state index contributed by atoms with van der Waals surface area (Å²) in [6.45, 7) is 53.4. The Balaban J connectivity index is 1.23. The maximum Gasteiger partial charge on any atom is 0.151 e. The molecule has 10 rings (SSSR count). The zero-order chi connectivity index (χ0) is 68.4. The summed E-state index contributed by atoms with van der Waals surface area (Å²) in [4.78, 5) is 0. The van der Waals surface area contributed by atoms with Gasteiger partial charge in [-0.25, -0.2) is 8.78 Å². The van der Waals surface area contributed by atoms with Crippen LogP contribution in [0.1, 0.15) is 219 Å². The van der Waals surface area contributed by atoms with E-state index in [-0.39, 0.29) is 44.0 Å². The SMILES string of the molecule is CC(CC(C)Oc1c(C(C)(C)CC(C)(C)C)cc(-c2cccc(F)c2)c(O)c1-n1c2ccc(C(C)(C)C)cc2c2cc(C(C)(C)C)ccc21)Oc1c(C(C)(C)CC(C)(C)C)cc(-c2cccc(F)c2)c(O)c1-n1c2ccc(C(C)(C)C)cc2c2cc(C(C)(C)C)ccc21. The van der Waals surface area contributed by atoms with Crippen LogP contribution in [0.25, 0.3) is 77.2 Å². The summed E-state index contributed by atoms with van der Waals surface area (Å²) < 4.78 is 51.0. The lowest BCUT2D eigenvalue weighted by Crippen LogP contribution is -2.30. The predicted octanol–water partition coefficient (Wildman–Crippen LogP) is 24.1. The Labute approximate surface area is 554 Å². The molecule has 0 saturated carbocycles. The van der Waals surface area contributed by atoms with Crippen LogP contribution in [0.2, 0.25) is 0 Å². The summed E-state index contributed by atoms with van der Waals surface area (Å²) in [6.07, 6.45) is 0.757. The predicted molar refractivity (Wildman–Crippen MR) is 389 cm³/mol. The van der Waals surface area contributed by atoms with Crippen LogP contribution < -0.4 is 9.47 Å². The number of phenolic OH excluding ortho intramolecular Hbond substituents is 2. The highest BCUT2D eigenvalue weighted by atomic mass is 19.1. The minimum absolute atomic E-state index is 0.0272. The minimum atomic E-state index is -0.565. The van der Waals surface area contributed by atoms with Crippen LogP contribution in [0, 0.1) is 22.5 Å². The van der Waals surface area contributed by atoms with Gasteiger partial charge in [0, 0.05) is 50.2 Å². The highest BCUT2D eigenvalue weighted by Gasteiger charge is 2.39. The van der Waals surface area contributed by atoms with Gasteiger partial charge in [-0.3, -0.25) is 0 Å². The summed E-state index contributed by atoms with van der Waals surface area (Å²) in [5, 5.41) is 31.2. The van der Waals surface area contributed by atoms with Gasteiger partial charge in [0.1, 0.15) is 23.0 Å². The zero-order valence-corrected chi connectivity index (χ0v) is 60.3.